The van der Waals surface area contributed by atoms with Crippen molar-refractivity contribution in [3.63, 3.8) is 0 Å². The predicted molar refractivity (Wildman–Crippen MR) is 217 cm³/mol. The highest BCUT2D eigenvalue weighted by Gasteiger charge is 2.20. The first-order valence-corrected chi connectivity index (χ1v) is 19.8. The van der Waals surface area contributed by atoms with E-state index in [2.05, 4.69) is 91.5 Å². The van der Waals surface area contributed by atoms with Crippen molar-refractivity contribution in [3.05, 3.63) is 102 Å². The van der Waals surface area contributed by atoms with Gasteiger partial charge in [-0.15, -0.1) is 0 Å². The number of ether oxygens (including phenoxy) is 4. The number of hydrogen-bond acceptors (Lipinski definition) is 7. The molecule has 0 aliphatic heterocycles. The number of benzene rings is 4. The summed E-state index contributed by atoms with van der Waals surface area (Å²) in [6.45, 7) is 20.2. The minimum absolute atomic E-state index is 0.453. The number of aromatic nitrogens is 2. The molecule has 0 amide bonds. The fourth-order valence-electron chi connectivity index (χ4n) is 6.50. The van der Waals surface area contributed by atoms with Gasteiger partial charge in [-0.3, -0.25) is 0 Å². The van der Waals surface area contributed by atoms with E-state index in [4.69, 9.17) is 23.9 Å². The Labute approximate surface area is 317 Å². The Balaban J connectivity index is 1.52. The maximum atomic E-state index is 6.57. The van der Waals surface area contributed by atoms with Crippen molar-refractivity contribution in [2.75, 3.05) is 52.5 Å². The first-order chi connectivity index (χ1) is 26.0. The molecule has 8 nitrogen and oxygen atoms in total. The van der Waals surface area contributed by atoms with Crippen LogP contribution in [0, 0.1) is 0 Å². The van der Waals surface area contributed by atoms with E-state index in [0.717, 1.165) is 128 Å². The van der Waals surface area contributed by atoms with Gasteiger partial charge in [-0.1, -0.05) is 102 Å². The molecule has 0 unspecified atom stereocenters. The third-order valence-corrected chi connectivity index (χ3v) is 9.72. The topological polar surface area (TPSA) is 61.2 Å². The van der Waals surface area contributed by atoms with Crippen molar-refractivity contribution in [1.29, 1.82) is 0 Å². The summed E-state index contributed by atoms with van der Waals surface area (Å²) in [4.78, 5) is 10.2. The van der Waals surface area contributed by atoms with Crippen LogP contribution in [0.3, 0.4) is 0 Å². The Morgan fingerprint density at radius 1 is 0.566 bits per heavy atom. The Morgan fingerprint density at radius 2 is 1.09 bits per heavy atom. The highest BCUT2D eigenvalue weighted by atomic mass is 16.5. The third kappa shape index (κ3) is 11.7. The molecule has 0 aliphatic carbocycles. The highest BCUT2D eigenvalue weighted by molar-refractivity contribution is 5.88. The summed E-state index contributed by atoms with van der Waals surface area (Å²) >= 11 is 0. The average molecular weight is 721 g/mol. The zero-order valence-corrected chi connectivity index (χ0v) is 32.7. The van der Waals surface area contributed by atoms with Crippen LogP contribution < -0.4 is 18.9 Å². The largest absolute Gasteiger partial charge is 0.493 e. The Hall–Kier alpha value is -4.53. The molecule has 0 bridgehead atoms. The zero-order valence-electron chi connectivity index (χ0n) is 32.7. The SMILES string of the molecule is CCCCn1c(-c2cc(OCc3ccccc3)cc(OCc3ccccc3)c2)nc2c(OCCCN(CC)CC)cc(OCCCN(CC)CC)cc21. The predicted octanol–water partition coefficient (Wildman–Crippen LogP) is 9.88. The lowest BCUT2D eigenvalue weighted by atomic mass is 10.1. The van der Waals surface area contributed by atoms with E-state index in [9.17, 15) is 0 Å². The summed E-state index contributed by atoms with van der Waals surface area (Å²) in [6, 6.07) is 30.8. The molecule has 0 radical (unpaired) electrons. The summed E-state index contributed by atoms with van der Waals surface area (Å²) in [5.74, 6) is 3.89. The number of unbranched alkanes of at least 4 members (excludes halogenated alkanes) is 1. The van der Waals surface area contributed by atoms with Crippen LogP contribution in [0.1, 0.15) is 71.4 Å². The number of aryl methyl sites for hydroxylation is 1. The molecule has 0 spiro atoms. The molecular formula is C45H60N4O4. The second-order valence-electron chi connectivity index (χ2n) is 13.4. The molecule has 4 aromatic carbocycles. The second-order valence-corrected chi connectivity index (χ2v) is 13.4. The first-order valence-electron chi connectivity index (χ1n) is 19.8. The van der Waals surface area contributed by atoms with Gasteiger partial charge in [0.2, 0.25) is 0 Å². The lowest BCUT2D eigenvalue weighted by Crippen LogP contribution is -2.25. The van der Waals surface area contributed by atoms with Crippen LogP contribution in [0.2, 0.25) is 0 Å². The summed E-state index contributed by atoms with van der Waals surface area (Å²) in [5.41, 5.74) is 4.99. The van der Waals surface area contributed by atoms with Crippen LogP contribution in [0.4, 0.5) is 0 Å². The first kappa shape index (κ1) is 39.7. The maximum Gasteiger partial charge on any atom is 0.150 e. The normalized spacial score (nSPS) is 11.5. The van der Waals surface area contributed by atoms with Crippen molar-refractivity contribution < 1.29 is 18.9 Å². The van der Waals surface area contributed by atoms with Gasteiger partial charge in [-0.05, 0) is 68.7 Å². The van der Waals surface area contributed by atoms with E-state index in [0.29, 0.717) is 26.4 Å². The molecule has 8 heteroatoms. The standard InChI is InChI=1S/C45H60N4O4/c1-6-11-26-49-42-32-41(50-27-18-24-47(7-2)8-3)33-43(51-28-19-25-48(9-4)10-5)44(42)46-45(49)38-29-39(52-34-36-20-14-12-15-21-36)31-40(30-38)53-35-37-22-16-13-17-23-37/h12-17,20-23,29-33H,6-11,18-19,24-28,34-35H2,1-5H3. The van der Waals surface area contributed by atoms with Crippen molar-refractivity contribution in [2.45, 2.75) is 80.1 Å². The zero-order chi connectivity index (χ0) is 37.3. The molecule has 1 aromatic heterocycles. The quantitative estimate of drug-likeness (QED) is 0.0589. The minimum atomic E-state index is 0.453. The lowest BCUT2D eigenvalue weighted by molar-refractivity contribution is 0.243. The molecule has 0 saturated carbocycles. The average Bonchev–Trinajstić information content (AvgIpc) is 3.57. The second kappa shape index (κ2) is 21.2. The fraction of sp³-hybridized carbons (Fsp3) is 0.444. The van der Waals surface area contributed by atoms with Gasteiger partial charge in [-0.25, -0.2) is 4.98 Å². The summed E-state index contributed by atoms with van der Waals surface area (Å²) in [7, 11) is 0. The molecule has 53 heavy (non-hydrogen) atoms. The molecule has 0 N–H and O–H groups in total. The van der Waals surface area contributed by atoms with Gasteiger partial charge in [0.1, 0.15) is 41.8 Å². The van der Waals surface area contributed by atoms with E-state index in [1.54, 1.807) is 0 Å². The van der Waals surface area contributed by atoms with Crippen molar-refractivity contribution in [2.24, 2.45) is 0 Å². The molecule has 0 aliphatic rings. The van der Waals surface area contributed by atoms with Gasteiger partial charge in [0.05, 0.1) is 18.7 Å². The Bertz CT molecular complexity index is 1720. The number of rotatable bonds is 24. The van der Waals surface area contributed by atoms with Gasteiger partial charge in [0, 0.05) is 43.4 Å². The van der Waals surface area contributed by atoms with Gasteiger partial charge in [-0.2, -0.15) is 0 Å². The monoisotopic (exact) mass is 720 g/mol. The van der Waals surface area contributed by atoms with E-state index in [1.807, 2.05) is 48.5 Å². The van der Waals surface area contributed by atoms with Crippen molar-refractivity contribution in [3.8, 4) is 34.4 Å². The van der Waals surface area contributed by atoms with E-state index in [-0.39, 0.29) is 0 Å². The van der Waals surface area contributed by atoms with Crippen LogP contribution in [0.15, 0.2) is 91.0 Å². The fourth-order valence-corrected chi connectivity index (χ4v) is 6.50. The minimum Gasteiger partial charge on any atom is -0.493 e. The molecular weight excluding hydrogens is 661 g/mol. The van der Waals surface area contributed by atoms with Gasteiger partial charge in [0.25, 0.3) is 0 Å². The van der Waals surface area contributed by atoms with E-state index in [1.165, 1.54) is 0 Å². The van der Waals surface area contributed by atoms with Crippen LogP contribution in [-0.4, -0.2) is 71.8 Å². The Kier molecular flexibility index (Phi) is 15.9. The number of fused-ring (bicyclic) bond motifs is 1. The summed E-state index contributed by atoms with van der Waals surface area (Å²) in [6.07, 6.45) is 3.96. The van der Waals surface area contributed by atoms with Crippen LogP contribution >= 0.6 is 0 Å². The molecule has 1 heterocycles. The molecule has 5 rings (SSSR count). The molecule has 0 fully saturated rings. The molecule has 0 saturated heterocycles. The van der Waals surface area contributed by atoms with E-state index < -0.39 is 0 Å². The Morgan fingerprint density at radius 3 is 1.62 bits per heavy atom. The van der Waals surface area contributed by atoms with Crippen molar-refractivity contribution >= 4 is 11.0 Å². The molecule has 5 aromatic rings. The lowest BCUT2D eigenvalue weighted by Gasteiger charge is -2.18. The van der Waals surface area contributed by atoms with Gasteiger partial charge >= 0.3 is 0 Å². The van der Waals surface area contributed by atoms with Crippen LogP contribution in [0.25, 0.3) is 22.4 Å². The number of nitrogens with zero attached hydrogens (tertiary/aromatic N) is 4. The van der Waals surface area contributed by atoms with Crippen LogP contribution in [0.5, 0.6) is 23.0 Å². The van der Waals surface area contributed by atoms with E-state index >= 15 is 0 Å². The van der Waals surface area contributed by atoms with Crippen LogP contribution in [-0.2, 0) is 19.8 Å². The van der Waals surface area contributed by atoms with Gasteiger partial charge in [0.15, 0.2) is 5.75 Å². The van der Waals surface area contributed by atoms with Gasteiger partial charge < -0.3 is 33.3 Å². The third-order valence-electron chi connectivity index (χ3n) is 9.72. The molecule has 0 atom stereocenters. The summed E-state index contributed by atoms with van der Waals surface area (Å²) in [5, 5.41) is 0. The number of hydrogen-bond donors (Lipinski definition) is 0. The highest BCUT2D eigenvalue weighted by Crippen LogP contribution is 2.37. The smallest absolute Gasteiger partial charge is 0.150 e. The number of imidazole rings is 1. The van der Waals surface area contributed by atoms with Crippen molar-refractivity contribution in [1.82, 2.24) is 19.4 Å². The summed E-state index contributed by atoms with van der Waals surface area (Å²) < 4.78 is 28.1. The maximum absolute atomic E-state index is 6.57. The molecule has 284 valence electrons.